The SMILES string of the molecule is C=CC(=O)OCC(=O)OC1C2CC3C(O2)C1NS3(=O)=O. The fourth-order valence-electron chi connectivity index (χ4n) is 2.89. The number of hydrogen-bond acceptors (Lipinski definition) is 7. The Labute approximate surface area is 115 Å². The van der Waals surface area contributed by atoms with Gasteiger partial charge >= 0.3 is 11.9 Å². The zero-order valence-corrected chi connectivity index (χ0v) is 11.2. The second-order valence-electron chi connectivity index (χ2n) is 4.87. The first-order chi connectivity index (χ1) is 9.42. The van der Waals surface area contributed by atoms with Crippen LogP contribution in [0.15, 0.2) is 12.7 Å². The second-order valence-corrected chi connectivity index (χ2v) is 6.80. The topological polar surface area (TPSA) is 108 Å². The van der Waals surface area contributed by atoms with E-state index in [1.165, 1.54) is 0 Å². The molecule has 0 radical (unpaired) electrons. The van der Waals surface area contributed by atoms with Crippen molar-refractivity contribution < 1.29 is 32.2 Å². The summed E-state index contributed by atoms with van der Waals surface area (Å²) in [7, 11) is -3.39. The second kappa shape index (κ2) is 4.54. The highest BCUT2D eigenvalue weighted by Crippen LogP contribution is 2.44. The average molecular weight is 303 g/mol. The van der Waals surface area contributed by atoms with Crippen LogP contribution in [-0.2, 0) is 33.8 Å². The van der Waals surface area contributed by atoms with Gasteiger partial charge in [0.15, 0.2) is 6.61 Å². The lowest BCUT2D eigenvalue weighted by molar-refractivity contribution is -0.162. The first kappa shape index (κ1) is 13.5. The monoisotopic (exact) mass is 303 g/mol. The van der Waals surface area contributed by atoms with Crippen molar-refractivity contribution in [3.05, 3.63) is 12.7 Å². The molecule has 3 aliphatic rings. The van der Waals surface area contributed by atoms with Crippen molar-refractivity contribution in [3.63, 3.8) is 0 Å². The summed E-state index contributed by atoms with van der Waals surface area (Å²) in [4.78, 5) is 22.4. The maximum Gasteiger partial charge on any atom is 0.344 e. The van der Waals surface area contributed by atoms with Crippen molar-refractivity contribution in [3.8, 4) is 0 Å². The summed E-state index contributed by atoms with van der Waals surface area (Å²) < 4.78 is 41.2. The average Bonchev–Trinajstić information content (AvgIpc) is 3.00. The van der Waals surface area contributed by atoms with E-state index < -0.39 is 58.2 Å². The molecule has 20 heavy (non-hydrogen) atoms. The number of carbonyl (C=O) groups is 2. The van der Waals surface area contributed by atoms with Crippen molar-refractivity contribution in [2.45, 2.75) is 36.0 Å². The molecule has 3 rings (SSSR count). The van der Waals surface area contributed by atoms with Gasteiger partial charge in [-0.05, 0) is 6.42 Å². The lowest BCUT2D eigenvalue weighted by Crippen LogP contribution is -2.45. The molecule has 110 valence electrons. The van der Waals surface area contributed by atoms with Crippen molar-refractivity contribution in [1.82, 2.24) is 4.72 Å². The molecule has 2 bridgehead atoms. The Balaban J connectivity index is 1.62. The van der Waals surface area contributed by atoms with Crippen LogP contribution in [0, 0.1) is 0 Å². The number of esters is 2. The number of fused-ring (bicyclic) bond motifs is 1. The summed E-state index contributed by atoms with van der Waals surface area (Å²) in [5, 5.41) is -0.564. The van der Waals surface area contributed by atoms with E-state index in [-0.39, 0.29) is 0 Å². The molecule has 0 amide bonds. The third kappa shape index (κ3) is 2.02. The molecule has 3 heterocycles. The van der Waals surface area contributed by atoms with Gasteiger partial charge in [0, 0.05) is 6.08 Å². The van der Waals surface area contributed by atoms with E-state index in [9.17, 15) is 18.0 Å². The van der Waals surface area contributed by atoms with Crippen LogP contribution in [0.5, 0.6) is 0 Å². The molecule has 5 unspecified atom stereocenters. The van der Waals surface area contributed by atoms with Gasteiger partial charge in [-0.25, -0.2) is 22.7 Å². The third-order valence-electron chi connectivity index (χ3n) is 3.70. The summed E-state index contributed by atoms with van der Waals surface area (Å²) in [5.41, 5.74) is 0. The molecule has 0 saturated carbocycles. The molecule has 9 heteroatoms. The Hall–Kier alpha value is -1.45. The Morgan fingerprint density at radius 3 is 2.90 bits per heavy atom. The van der Waals surface area contributed by atoms with Crippen LogP contribution in [0.25, 0.3) is 0 Å². The lowest BCUT2D eigenvalue weighted by atomic mass is 9.93. The summed E-state index contributed by atoms with van der Waals surface area (Å²) >= 11 is 0. The summed E-state index contributed by atoms with van der Waals surface area (Å²) in [6.45, 7) is 2.66. The molecule has 3 aliphatic heterocycles. The standard InChI is InChI=1S/C11H13NO7S/c1-2-7(13)17-4-8(14)19-10-5-3-6-11(18-5)9(10)12-20(6,15)16/h2,5-6,9-12H,1,3-4H2. The van der Waals surface area contributed by atoms with Gasteiger partial charge in [-0.2, -0.15) is 0 Å². The molecule has 3 saturated heterocycles. The van der Waals surface area contributed by atoms with Gasteiger partial charge in [-0.3, -0.25) is 0 Å². The Morgan fingerprint density at radius 2 is 2.20 bits per heavy atom. The first-order valence-corrected chi connectivity index (χ1v) is 7.62. The van der Waals surface area contributed by atoms with Gasteiger partial charge in [-0.15, -0.1) is 0 Å². The van der Waals surface area contributed by atoms with Crippen molar-refractivity contribution in [2.75, 3.05) is 6.61 Å². The van der Waals surface area contributed by atoms with E-state index in [0.29, 0.717) is 6.42 Å². The van der Waals surface area contributed by atoms with Gasteiger partial charge in [0.05, 0.1) is 18.2 Å². The van der Waals surface area contributed by atoms with Crippen LogP contribution in [-0.4, -0.2) is 56.6 Å². The minimum atomic E-state index is -3.39. The molecular weight excluding hydrogens is 290 g/mol. The number of hydrogen-bond donors (Lipinski definition) is 1. The number of carbonyl (C=O) groups excluding carboxylic acids is 2. The number of sulfonamides is 1. The number of ether oxygens (including phenoxy) is 3. The first-order valence-electron chi connectivity index (χ1n) is 6.07. The summed E-state index contributed by atoms with van der Waals surface area (Å²) in [5.74, 6) is -1.48. The fourth-order valence-corrected chi connectivity index (χ4v) is 4.74. The smallest absolute Gasteiger partial charge is 0.344 e. The quantitative estimate of drug-likeness (QED) is 0.496. The zero-order valence-electron chi connectivity index (χ0n) is 10.4. The maximum absolute atomic E-state index is 11.8. The maximum atomic E-state index is 11.8. The van der Waals surface area contributed by atoms with Gasteiger partial charge in [0.25, 0.3) is 0 Å². The van der Waals surface area contributed by atoms with Gasteiger partial charge < -0.3 is 14.2 Å². The van der Waals surface area contributed by atoms with Gasteiger partial charge in [0.1, 0.15) is 11.4 Å². The Bertz CT molecular complexity index is 571. The van der Waals surface area contributed by atoms with E-state index in [2.05, 4.69) is 16.0 Å². The third-order valence-corrected chi connectivity index (χ3v) is 5.56. The molecular formula is C11H13NO7S. The van der Waals surface area contributed by atoms with Crippen LogP contribution >= 0.6 is 0 Å². The van der Waals surface area contributed by atoms with Crippen molar-refractivity contribution >= 4 is 22.0 Å². The van der Waals surface area contributed by atoms with E-state index in [1.807, 2.05) is 0 Å². The van der Waals surface area contributed by atoms with E-state index >= 15 is 0 Å². The number of nitrogens with one attached hydrogen (secondary N) is 1. The van der Waals surface area contributed by atoms with Crippen LogP contribution < -0.4 is 4.72 Å². The van der Waals surface area contributed by atoms with Gasteiger partial charge in [0.2, 0.25) is 10.0 Å². The molecule has 1 N–H and O–H groups in total. The molecule has 3 fully saturated rings. The van der Waals surface area contributed by atoms with Crippen LogP contribution in [0.2, 0.25) is 0 Å². The highest BCUT2D eigenvalue weighted by Gasteiger charge is 2.65. The Kier molecular flexibility index (Phi) is 3.07. The van der Waals surface area contributed by atoms with Crippen LogP contribution in [0.1, 0.15) is 6.42 Å². The normalized spacial score (nSPS) is 39.5. The summed E-state index contributed by atoms with van der Waals surface area (Å²) in [6.07, 6.45) is -0.342. The minimum absolute atomic E-state index is 0.306. The highest BCUT2D eigenvalue weighted by molar-refractivity contribution is 7.90. The molecule has 0 spiro atoms. The molecule has 0 aromatic carbocycles. The van der Waals surface area contributed by atoms with Gasteiger partial charge in [-0.1, -0.05) is 6.58 Å². The predicted octanol–water partition coefficient (Wildman–Crippen LogP) is -1.53. The number of rotatable bonds is 4. The van der Waals surface area contributed by atoms with E-state index in [1.54, 1.807) is 0 Å². The molecule has 0 aromatic heterocycles. The molecule has 8 nitrogen and oxygen atoms in total. The van der Waals surface area contributed by atoms with Crippen LogP contribution in [0.4, 0.5) is 0 Å². The minimum Gasteiger partial charge on any atom is -0.455 e. The van der Waals surface area contributed by atoms with Crippen LogP contribution in [0.3, 0.4) is 0 Å². The van der Waals surface area contributed by atoms with E-state index in [4.69, 9.17) is 9.47 Å². The molecule has 0 aromatic rings. The summed E-state index contributed by atoms with van der Waals surface area (Å²) in [6, 6.07) is -0.553. The zero-order chi connectivity index (χ0) is 14.5. The molecule has 0 aliphatic carbocycles. The van der Waals surface area contributed by atoms with Crippen molar-refractivity contribution in [2.24, 2.45) is 0 Å². The molecule has 5 atom stereocenters. The predicted molar refractivity (Wildman–Crippen MR) is 63.9 cm³/mol. The largest absolute Gasteiger partial charge is 0.455 e. The van der Waals surface area contributed by atoms with E-state index in [0.717, 1.165) is 6.08 Å². The van der Waals surface area contributed by atoms with Crippen molar-refractivity contribution in [1.29, 1.82) is 0 Å². The lowest BCUT2D eigenvalue weighted by Gasteiger charge is -2.22. The highest BCUT2D eigenvalue weighted by atomic mass is 32.2. The Morgan fingerprint density at radius 1 is 1.45 bits per heavy atom. The fraction of sp³-hybridized carbons (Fsp3) is 0.636.